The Morgan fingerprint density at radius 2 is 1.03 bits per heavy atom. The minimum absolute atomic E-state index is 0.610. The summed E-state index contributed by atoms with van der Waals surface area (Å²) in [5, 5.41) is 0. The molecule has 0 saturated heterocycles. The maximum atomic E-state index is 5.78. The van der Waals surface area contributed by atoms with Gasteiger partial charge in [0.1, 0.15) is 24.8 Å². The van der Waals surface area contributed by atoms with Crippen LogP contribution in [-0.4, -0.2) is 22.3 Å². The van der Waals surface area contributed by atoms with E-state index in [-0.39, 0.29) is 0 Å². The van der Waals surface area contributed by atoms with Gasteiger partial charge in [-0.2, -0.15) is 0 Å². The highest BCUT2D eigenvalue weighted by Crippen LogP contribution is 2.04. The smallest absolute Gasteiger partial charge is 0.245 e. The summed E-state index contributed by atoms with van der Waals surface area (Å²) in [5.74, 6) is 0. The van der Waals surface area contributed by atoms with Gasteiger partial charge in [0.05, 0.1) is 26.3 Å². The fourth-order valence-electron chi connectivity index (χ4n) is 3.69. The number of rotatable bonds is 20. The maximum absolute atomic E-state index is 5.78. The topological polar surface area (TPSA) is 36.1 Å². The van der Waals surface area contributed by atoms with E-state index in [0.717, 1.165) is 32.7 Å². The van der Waals surface area contributed by atoms with Crippen LogP contribution in [-0.2, 0) is 36.0 Å². The second kappa shape index (κ2) is 17.0. The summed E-state index contributed by atoms with van der Waals surface area (Å²) in [4.78, 5) is 0. The first-order valence-electron chi connectivity index (χ1n) is 12.6. The fourth-order valence-corrected chi connectivity index (χ4v) is 3.69. The van der Waals surface area contributed by atoms with Crippen LogP contribution in [0.5, 0.6) is 0 Å². The summed E-state index contributed by atoms with van der Waals surface area (Å²) in [7, 11) is 0. The molecule has 0 saturated carbocycles. The van der Waals surface area contributed by atoms with Crippen molar-refractivity contribution in [2.24, 2.45) is 0 Å². The fraction of sp³-hybridized carbons (Fsp3) is 0.760. The molecule has 0 radical (unpaired) electrons. The average molecular weight is 435 g/mol. The largest absolute Gasteiger partial charge is 0.342 e. The first kappa shape index (κ1) is 25.6. The predicted molar refractivity (Wildman–Crippen MR) is 123 cm³/mol. The van der Waals surface area contributed by atoms with Crippen molar-refractivity contribution < 1.29 is 18.6 Å². The molecule has 0 aliphatic carbocycles. The molecule has 0 fully saturated rings. The van der Waals surface area contributed by atoms with Crippen LogP contribution >= 0.6 is 0 Å². The van der Waals surface area contributed by atoms with Gasteiger partial charge in [-0.3, -0.25) is 0 Å². The number of nitrogens with zero attached hydrogens (tertiary/aromatic N) is 4. The molecule has 0 aromatic carbocycles. The summed E-state index contributed by atoms with van der Waals surface area (Å²) in [6, 6.07) is 0. The van der Waals surface area contributed by atoms with Crippen LogP contribution in [0.25, 0.3) is 0 Å². The number of hydrogen-bond donors (Lipinski definition) is 0. The van der Waals surface area contributed by atoms with Gasteiger partial charge in [-0.25, -0.2) is 18.3 Å². The van der Waals surface area contributed by atoms with Gasteiger partial charge >= 0.3 is 0 Å². The van der Waals surface area contributed by atoms with E-state index in [2.05, 4.69) is 69.6 Å². The Balaban J connectivity index is 1.44. The van der Waals surface area contributed by atoms with Crippen LogP contribution in [0.3, 0.4) is 0 Å². The third-order valence-electron chi connectivity index (χ3n) is 5.59. The summed E-state index contributed by atoms with van der Waals surface area (Å²) < 4.78 is 20.3. The predicted octanol–water partition coefficient (Wildman–Crippen LogP) is 4.84. The molecule has 0 N–H and O–H groups in total. The highest BCUT2D eigenvalue weighted by Gasteiger charge is 2.05. The van der Waals surface area contributed by atoms with Gasteiger partial charge in [0.25, 0.3) is 0 Å². The lowest BCUT2D eigenvalue weighted by Gasteiger charge is -2.03. The van der Waals surface area contributed by atoms with Crippen LogP contribution in [0, 0.1) is 0 Å². The first-order chi connectivity index (χ1) is 15.3. The van der Waals surface area contributed by atoms with E-state index in [4.69, 9.17) is 9.47 Å². The van der Waals surface area contributed by atoms with Crippen LogP contribution in [0.15, 0.2) is 37.4 Å². The van der Waals surface area contributed by atoms with Gasteiger partial charge in [-0.1, -0.05) is 52.4 Å². The molecule has 2 aromatic heterocycles. The zero-order valence-corrected chi connectivity index (χ0v) is 20.1. The van der Waals surface area contributed by atoms with Crippen molar-refractivity contribution in [2.45, 2.75) is 111 Å². The zero-order valence-electron chi connectivity index (χ0n) is 20.1. The number of aromatic nitrogens is 4. The molecular formula is C25H46N4O2+2. The van der Waals surface area contributed by atoms with Crippen molar-refractivity contribution in [3.05, 3.63) is 37.4 Å². The first-order valence-corrected chi connectivity index (χ1v) is 12.6. The van der Waals surface area contributed by atoms with Gasteiger partial charge in [0, 0.05) is 0 Å². The van der Waals surface area contributed by atoms with E-state index in [9.17, 15) is 0 Å². The van der Waals surface area contributed by atoms with Crippen LogP contribution in [0.1, 0.15) is 84.5 Å². The number of unbranched alkanes of at least 4 members (excludes halogenated alkanes) is 8. The molecule has 0 unspecified atom stereocenters. The molecule has 0 spiro atoms. The Morgan fingerprint density at radius 1 is 0.581 bits per heavy atom. The van der Waals surface area contributed by atoms with E-state index in [1.165, 1.54) is 64.2 Å². The Kier molecular flexibility index (Phi) is 14.0. The minimum Gasteiger partial charge on any atom is -0.342 e. The SMILES string of the molecule is CCCCCCCn1cc[n+](COCCCOC[n+]2ccn(CCCCCCC)c2)c1. The molecule has 2 rings (SSSR count). The van der Waals surface area contributed by atoms with Gasteiger partial charge < -0.3 is 9.47 Å². The highest BCUT2D eigenvalue weighted by atomic mass is 16.5. The zero-order chi connectivity index (χ0) is 22.0. The van der Waals surface area contributed by atoms with E-state index in [0.29, 0.717) is 13.5 Å². The van der Waals surface area contributed by atoms with E-state index in [1.807, 2.05) is 0 Å². The lowest BCUT2D eigenvalue weighted by molar-refractivity contribution is -0.733. The van der Waals surface area contributed by atoms with Gasteiger partial charge in [0.15, 0.2) is 13.5 Å². The van der Waals surface area contributed by atoms with E-state index >= 15 is 0 Å². The number of hydrogen-bond acceptors (Lipinski definition) is 2. The molecule has 6 heteroatoms. The molecule has 0 atom stereocenters. The molecule has 0 amide bonds. The number of aryl methyl sites for hydroxylation is 2. The average Bonchev–Trinajstić information content (AvgIpc) is 3.42. The number of ether oxygens (including phenoxy) is 2. The summed E-state index contributed by atoms with van der Waals surface area (Å²) in [6.45, 7) is 9.38. The normalized spacial score (nSPS) is 11.4. The Morgan fingerprint density at radius 3 is 1.48 bits per heavy atom. The lowest BCUT2D eigenvalue weighted by atomic mass is 10.1. The summed E-state index contributed by atoms with van der Waals surface area (Å²) in [5.41, 5.74) is 0. The molecule has 31 heavy (non-hydrogen) atoms. The van der Waals surface area contributed by atoms with Gasteiger partial charge in [0.2, 0.25) is 12.7 Å². The molecule has 0 bridgehead atoms. The van der Waals surface area contributed by atoms with Gasteiger partial charge in [-0.05, 0) is 32.1 Å². The molecule has 6 nitrogen and oxygen atoms in total. The van der Waals surface area contributed by atoms with E-state index in [1.54, 1.807) is 0 Å². The van der Waals surface area contributed by atoms with Crippen LogP contribution in [0.4, 0.5) is 0 Å². The van der Waals surface area contributed by atoms with Crippen molar-refractivity contribution >= 4 is 0 Å². The molecule has 0 aliphatic rings. The standard InChI is InChI=1S/C25H46N4O2/c1-3-5-7-9-11-14-26-16-18-28(22-26)24-30-20-13-21-31-25-29-19-17-27(23-29)15-12-10-8-6-4-2/h16-19,22-23H,3-15,20-21,24-25H2,1-2H3/q+2. The summed E-state index contributed by atoms with van der Waals surface area (Å²) >= 11 is 0. The molecular weight excluding hydrogens is 388 g/mol. The Labute approximate surface area is 189 Å². The second-order valence-electron chi connectivity index (χ2n) is 8.59. The van der Waals surface area contributed by atoms with Crippen LogP contribution < -0.4 is 9.13 Å². The Hall–Kier alpha value is -1.66. The molecule has 176 valence electrons. The quantitative estimate of drug-likeness (QED) is 0.221. The second-order valence-corrected chi connectivity index (χ2v) is 8.59. The highest BCUT2D eigenvalue weighted by molar-refractivity contribution is 4.66. The molecule has 0 aliphatic heterocycles. The van der Waals surface area contributed by atoms with Crippen molar-refractivity contribution in [3.8, 4) is 0 Å². The van der Waals surface area contributed by atoms with Crippen molar-refractivity contribution in [3.63, 3.8) is 0 Å². The minimum atomic E-state index is 0.610. The monoisotopic (exact) mass is 434 g/mol. The van der Waals surface area contributed by atoms with Crippen LogP contribution in [0.2, 0.25) is 0 Å². The third kappa shape index (κ3) is 12.1. The lowest BCUT2D eigenvalue weighted by Crippen LogP contribution is -2.33. The van der Waals surface area contributed by atoms with Gasteiger partial charge in [-0.15, -0.1) is 0 Å². The molecule has 2 heterocycles. The molecule has 2 aromatic rings. The van der Waals surface area contributed by atoms with Crippen molar-refractivity contribution in [1.82, 2.24) is 9.13 Å². The van der Waals surface area contributed by atoms with Crippen molar-refractivity contribution in [1.29, 1.82) is 0 Å². The van der Waals surface area contributed by atoms with Crippen molar-refractivity contribution in [2.75, 3.05) is 13.2 Å². The number of imidazole rings is 2. The maximum Gasteiger partial charge on any atom is 0.245 e. The van der Waals surface area contributed by atoms with E-state index < -0.39 is 0 Å². The Bertz CT molecular complexity index is 612. The summed E-state index contributed by atoms with van der Waals surface area (Å²) in [6.07, 6.45) is 26.8. The third-order valence-corrected chi connectivity index (χ3v) is 5.59.